The van der Waals surface area contributed by atoms with Crippen molar-refractivity contribution in [1.82, 2.24) is 10.2 Å². The standard InChI is InChI=1S/C18H27N3O4/c1-3-25-18(19-9-4-10-21-11-13-24-14-12-21)20-17(22)15-5-7-16(23-2)8-6-15/h5-8H,3-4,9-14H2,1-2H3,(H,19,20,22). The number of ether oxygens (including phenoxy) is 3. The number of hydrogen-bond acceptors (Lipinski definition) is 6. The number of hydrogen-bond donors (Lipinski definition) is 1. The van der Waals surface area contributed by atoms with E-state index in [9.17, 15) is 4.79 Å². The Kier molecular flexibility index (Phi) is 8.21. The van der Waals surface area contributed by atoms with Crippen LogP contribution in [0.5, 0.6) is 5.75 Å². The molecular formula is C18H27N3O4. The van der Waals surface area contributed by atoms with E-state index < -0.39 is 0 Å². The molecule has 1 aromatic rings. The van der Waals surface area contributed by atoms with Crippen molar-refractivity contribution in [2.24, 2.45) is 4.99 Å². The van der Waals surface area contributed by atoms with Gasteiger partial charge in [0, 0.05) is 31.7 Å². The van der Waals surface area contributed by atoms with E-state index in [0.717, 1.165) is 39.3 Å². The lowest BCUT2D eigenvalue weighted by Gasteiger charge is -2.26. The number of nitrogens with zero attached hydrogens (tertiary/aromatic N) is 2. The van der Waals surface area contributed by atoms with Gasteiger partial charge in [0.2, 0.25) is 0 Å². The average molecular weight is 349 g/mol. The average Bonchev–Trinajstić information content (AvgIpc) is 2.66. The fraction of sp³-hybridized carbons (Fsp3) is 0.556. The summed E-state index contributed by atoms with van der Waals surface area (Å²) in [6.07, 6.45) is 0.912. The highest BCUT2D eigenvalue weighted by Crippen LogP contribution is 2.11. The van der Waals surface area contributed by atoms with Crippen LogP contribution < -0.4 is 10.1 Å². The van der Waals surface area contributed by atoms with Gasteiger partial charge >= 0.3 is 0 Å². The van der Waals surface area contributed by atoms with E-state index in [1.54, 1.807) is 31.4 Å². The summed E-state index contributed by atoms with van der Waals surface area (Å²) >= 11 is 0. The Morgan fingerprint density at radius 2 is 2.00 bits per heavy atom. The lowest BCUT2D eigenvalue weighted by molar-refractivity contribution is 0.0377. The van der Waals surface area contributed by atoms with Gasteiger partial charge in [0.05, 0.1) is 26.9 Å². The molecule has 0 radical (unpaired) electrons. The smallest absolute Gasteiger partial charge is 0.291 e. The van der Waals surface area contributed by atoms with Gasteiger partial charge in [0.15, 0.2) is 0 Å². The molecule has 0 atom stereocenters. The molecule has 25 heavy (non-hydrogen) atoms. The Bertz CT molecular complexity index is 554. The SMILES string of the molecule is CCOC(=NCCCN1CCOCC1)NC(=O)c1ccc(OC)cc1. The molecule has 7 heteroatoms. The molecule has 0 bridgehead atoms. The molecule has 7 nitrogen and oxygen atoms in total. The predicted molar refractivity (Wildman–Crippen MR) is 96.3 cm³/mol. The molecule has 1 aliphatic rings. The van der Waals surface area contributed by atoms with Crippen molar-refractivity contribution < 1.29 is 19.0 Å². The van der Waals surface area contributed by atoms with Gasteiger partial charge < -0.3 is 14.2 Å². The van der Waals surface area contributed by atoms with Gasteiger partial charge in [0.25, 0.3) is 11.9 Å². The zero-order valence-electron chi connectivity index (χ0n) is 15.0. The molecule has 1 fully saturated rings. The number of carbonyl (C=O) groups is 1. The maximum absolute atomic E-state index is 12.3. The highest BCUT2D eigenvalue weighted by molar-refractivity contribution is 6.04. The summed E-state index contributed by atoms with van der Waals surface area (Å²) < 4.78 is 15.9. The third-order valence-corrected chi connectivity index (χ3v) is 3.85. The number of benzene rings is 1. The van der Waals surface area contributed by atoms with E-state index in [1.165, 1.54) is 0 Å². The Morgan fingerprint density at radius 1 is 1.28 bits per heavy atom. The van der Waals surface area contributed by atoms with Crippen molar-refractivity contribution in [3.05, 3.63) is 29.8 Å². The summed E-state index contributed by atoms with van der Waals surface area (Å²) in [5, 5.41) is 2.72. The Hall–Kier alpha value is -2.12. The van der Waals surface area contributed by atoms with Gasteiger partial charge in [0.1, 0.15) is 5.75 Å². The van der Waals surface area contributed by atoms with Crippen LogP contribution in [0, 0.1) is 0 Å². The maximum atomic E-state index is 12.3. The second-order valence-electron chi connectivity index (χ2n) is 5.61. The van der Waals surface area contributed by atoms with Crippen LogP contribution in [0.25, 0.3) is 0 Å². The number of amides is 1. The number of methoxy groups -OCH3 is 1. The minimum atomic E-state index is -0.247. The van der Waals surface area contributed by atoms with E-state index in [-0.39, 0.29) is 11.9 Å². The number of nitrogens with one attached hydrogen (secondary N) is 1. The van der Waals surface area contributed by atoms with Crippen LogP contribution in [-0.2, 0) is 9.47 Å². The van der Waals surface area contributed by atoms with Crippen molar-refractivity contribution >= 4 is 11.9 Å². The summed E-state index contributed by atoms with van der Waals surface area (Å²) in [6.45, 7) is 7.42. The molecule has 0 saturated carbocycles. The van der Waals surface area contributed by atoms with Crippen molar-refractivity contribution in [3.8, 4) is 5.75 Å². The van der Waals surface area contributed by atoms with Crippen LogP contribution in [0.15, 0.2) is 29.3 Å². The Labute approximate surface area is 149 Å². The van der Waals surface area contributed by atoms with Gasteiger partial charge in [-0.25, -0.2) is 4.99 Å². The van der Waals surface area contributed by atoms with Gasteiger partial charge in [-0.2, -0.15) is 0 Å². The van der Waals surface area contributed by atoms with E-state index in [4.69, 9.17) is 14.2 Å². The van der Waals surface area contributed by atoms with Gasteiger partial charge in [-0.05, 0) is 37.6 Å². The van der Waals surface area contributed by atoms with Crippen molar-refractivity contribution in [1.29, 1.82) is 0 Å². The molecule has 2 rings (SSSR count). The zero-order chi connectivity index (χ0) is 17.9. The lowest BCUT2D eigenvalue weighted by Crippen LogP contribution is -2.37. The normalized spacial score (nSPS) is 15.7. The molecule has 0 aliphatic carbocycles. The Balaban J connectivity index is 1.82. The topological polar surface area (TPSA) is 72.4 Å². The minimum absolute atomic E-state index is 0.247. The predicted octanol–water partition coefficient (Wildman–Crippen LogP) is 1.54. The molecule has 0 spiro atoms. The largest absolute Gasteiger partial charge is 0.497 e. The summed E-state index contributed by atoms with van der Waals surface area (Å²) in [5.41, 5.74) is 0.529. The monoisotopic (exact) mass is 349 g/mol. The van der Waals surface area contributed by atoms with Crippen molar-refractivity contribution in [2.45, 2.75) is 13.3 Å². The van der Waals surface area contributed by atoms with Crippen LogP contribution in [0.3, 0.4) is 0 Å². The number of amidine groups is 1. The van der Waals surface area contributed by atoms with Gasteiger partial charge in [-0.3, -0.25) is 15.0 Å². The van der Waals surface area contributed by atoms with Crippen molar-refractivity contribution in [3.63, 3.8) is 0 Å². The van der Waals surface area contributed by atoms with E-state index >= 15 is 0 Å². The summed E-state index contributed by atoms with van der Waals surface area (Å²) in [4.78, 5) is 19.0. The fourth-order valence-corrected chi connectivity index (χ4v) is 2.47. The highest BCUT2D eigenvalue weighted by atomic mass is 16.5. The summed E-state index contributed by atoms with van der Waals surface area (Å²) in [7, 11) is 1.59. The summed E-state index contributed by atoms with van der Waals surface area (Å²) in [6, 6.07) is 7.17. The van der Waals surface area contributed by atoms with Gasteiger partial charge in [-0.1, -0.05) is 0 Å². The maximum Gasteiger partial charge on any atom is 0.291 e. The number of morpholine rings is 1. The first kappa shape index (κ1) is 19.2. The van der Waals surface area contributed by atoms with E-state index in [2.05, 4.69) is 15.2 Å². The van der Waals surface area contributed by atoms with Crippen LogP contribution in [-0.4, -0.2) is 69.9 Å². The van der Waals surface area contributed by atoms with Gasteiger partial charge in [-0.15, -0.1) is 0 Å². The molecule has 1 amide bonds. The molecule has 1 saturated heterocycles. The fourth-order valence-electron chi connectivity index (χ4n) is 2.47. The quantitative estimate of drug-likeness (QED) is 0.459. The molecule has 1 aromatic carbocycles. The molecule has 1 N–H and O–H groups in total. The zero-order valence-corrected chi connectivity index (χ0v) is 15.0. The van der Waals surface area contributed by atoms with Crippen LogP contribution in [0.4, 0.5) is 0 Å². The number of aliphatic imine (C=N–C) groups is 1. The van der Waals surface area contributed by atoms with Crippen LogP contribution in [0.2, 0.25) is 0 Å². The first-order valence-electron chi connectivity index (χ1n) is 8.65. The first-order chi connectivity index (χ1) is 12.2. The molecule has 0 aromatic heterocycles. The highest BCUT2D eigenvalue weighted by Gasteiger charge is 2.11. The second-order valence-corrected chi connectivity index (χ2v) is 5.61. The van der Waals surface area contributed by atoms with Crippen LogP contribution >= 0.6 is 0 Å². The van der Waals surface area contributed by atoms with E-state index in [1.807, 2.05) is 6.92 Å². The van der Waals surface area contributed by atoms with E-state index in [0.29, 0.717) is 24.5 Å². The molecular weight excluding hydrogens is 322 g/mol. The lowest BCUT2D eigenvalue weighted by atomic mass is 10.2. The third-order valence-electron chi connectivity index (χ3n) is 3.85. The Morgan fingerprint density at radius 3 is 2.64 bits per heavy atom. The minimum Gasteiger partial charge on any atom is -0.497 e. The molecule has 0 unspecified atom stereocenters. The number of rotatable bonds is 7. The third kappa shape index (κ3) is 6.72. The van der Waals surface area contributed by atoms with Crippen molar-refractivity contribution in [2.75, 3.05) is 53.1 Å². The first-order valence-corrected chi connectivity index (χ1v) is 8.65. The second kappa shape index (κ2) is 10.7. The number of carbonyl (C=O) groups excluding carboxylic acids is 1. The molecule has 1 aliphatic heterocycles. The molecule has 1 heterocycles. The summed E-state index contributed by atoms with van der Waals surface area (Å²) in [5.74, 6) is 0.460. The van der Waals surface area contributed by atoms with Crippen LogP contribution in [0.1, 0.15) is 23.7 Å². The molecule has 138 valence electrons.